The van der Waals surface area contributed by atoms with E-state index in [1.165, 1.54) is 5.56 Å². The second-order valence-corrected chi connectivity index (χ2v) is 8.59. The molecule has 0 unspecified atom stereocenters. The molecule has 0 aliphatic carbocycles. The van der Waals surface area contributed by atoms with Crippen molar-refractivity contribution in [3.8, 4) is 0 Å². The van der Waals surface area contributed by atoms with E-state index in [1.54, 1.807) is 27.0 Å². The summed E-state index contributed by atoms with van der Waals surface area (Å²) in [4.78, 5) is 20.0. The fourth-order valence-corrected chi connectivity index (χ4v) is 4.48. The number of fused-ring (bicyclic) bond motifs is 1. The number of carbonyl (C=O) groups excluding carboxylic acids is 1. The molecule has 0 N–H and O–H groups in total. The van der Waals surface area contributed by atoms with E-state index in [0.717, 1.165) is 21.3 Å². The Morgan fingerprint density at radius 3 is 2.59 bits per heavy atom. The predicted octanol–water partition coefficient (Wildman–Crippen LogP) is 5.54. The molecule has 29 heavy (non-hydrogen) atoms. The SMILES string of the molecule is Cc1cc(C)c2nc(N(Cc3ccccc3)C(=O)c3ccn(C(C)C)n3)sc2c1. The summed E-state index contributed by atoms with van der Waals surface area (Å²) in [6.07, 6.45) is 1.85. The van der Waals surface area contributed by atoms with Gasteiger partial charge in [-0.05, 0) is 56.5 Å². The van der Waals surface area contributed by atoms with E-state index in [-0.39, 0.29) is 11.9 Å². The summed E-state index contributed by atoms with van der Waals surface area (Å²) < 4.78 is 2.90. The van der Waals surface area contributed by atoms with E-state index >= 15 is 0 Å². The zero-order valence-electron chi connectivity index (χ0n) is 17.1. The molecule has 0 bridgehead atoms. The summed E-state index contributed by atoms with van der Waals surface area (Å²) in [5.74, 6) is -0.137. The van der Waals surface area contributed by atoms with Gasteiger partial charge < -0.3 is 0 Å². The number of carbonyl (C=O) groups is 1. The number of anilines is 1. The Kier molecular flexibility index (Phi) is 5.20. The van der Waals surface area contributed by atoms with Gasteiger partial charge in [0.1, 0.15) is 0 Å². The molecule has 4 aromatic rings. The molecule has 0 fully saturated rings. The Bertz CT molecular complexity index is 1160. The number of hydrogen-bond acceptors (Lipinski definition) is 4. The molecule has 0 radical (unpaired) electrons. The molecule has 0 aliphatic heterocycles. The van der Waals surface area contributed by atoms with Gasteiger partial charge in [0.2, 0.25) is 0 Å². The van der Waals surface area contributed by atoms with E-state index in [9.17, 15) is 4.79 Å². The summed E-state index contributed by atoms with van der Waals surface area (Å²) in [5.41, 5.74) is 4.76. The lowest BCUT2D eigenvalue weighted by Crippen LogP contribution is -2.30. The van der Waals surface area contributed by atoms with Crippen LogP contribution in [0.4, 0.5) is 5.13 Å². The lowest BCUT2D eigenvalue weighted by Gasteiger charge is -2.19. The summed E-state index contributed by atoms with van der Waals surface area (Å²) in [6.45, 7) is 8.68. The fourth-order valence-electron chi connectivity index (χ4n) is 3.34. The second-order valence-electron chi connectivity index (χ2n) is 7.58. The van der Waals surface area contributed by atoms with Gasteiger partial charge in [0.25, 0.3) is 5.91 Å². The van der Waals surface area contributed by atoms with Gasteiger partial charge in [0.15, 0.2) is 10.8 Å². The normalized spacial score (nSPS) is 11.3. The van der Waals surface area contributed by atoms with E-state index in [2.05, 4.69) is 31.1 Å². The number of hydrogen-bond donors (Lipinski definition) is 0. The van der Waals surface area contributed by atoms with Gasteiger partial charge in [-0.1, -0.05) is 47.7 Å². The Hall–Kier alpha value is -2.99. The monoisotopic (exact) mass is 404 g/mol. The highest BCUT2D eigenvalue weighted by Gasteiger charge is 2.24. The van der Waals surface area contributed by atoms with E-state index in [0.29, 0.717) is 17.4 Å². The third-order valence-corrected chi connectivity index (χ3v) is 5.86. The Morgan fingerprint density at radius 2 is 1.90 bits per heavy atom. The molecule has 2 heterocycles. The van der Waals surface area contributed by atoms with E-state index < -0.39 is 0 Å². The molecule has 4 rings (SSSR count). The lowest BCUT2D eigenvalue weighted by atomic mass is 10.1. The highest BCUT2D eigenvalue weighted by Crippen LogP contribution is 2.33. The first-order chi connectivity index (χ1) is 13.9. The Balaban J connectivity index is 1.77. The molecule has 0 saturated carbocycles. The first kappa shape index (κ1) is 19.3. The molecule has 0 atom stereocenters. The molecule has 5 nitrogen and oxygen atoms in total. The zero-order valence-corrected chi connectivity index (χ0v) is 17.9. The number of nitrogens with zero attached hydrogens (tertiary/aromatic N) is 4. The summed E-state index contributed by atoms with van der Waals surface area (Å²) in [6, 6.07) is 16.2. The standard InChI is InChI=1S/C23H24N4OS/c1-15(2)27-11-10-19(25-27)22(28)26(14-18-8-6-5-7-9-18)23-24-21-17(4)12-16(3)13-20(21)29-23/h5-13,15H,14H2,1-4H3. The van der Waals surface area contributed by atoms with Crippen LogP contribution in [0.25, 0.3) is 10.2 Å². The maximum atomic E-state index is 13.4. The minimum Gasteiger partial charge on any atom is -0.278 e. The van der Waals surface area contributed by atoms with Crippen molar-refractivity contribution in [2.45, 2.75) is 40.3 Å². The van der Waals surface area contributed by atoms with Crippen LogP contribution in [0.1, 0.15) is 47.1 Å². The number of thiazole rings is 1. The number of benzene rings is 2. The molecule has 6 heteroatoms. The Morgan fingerprint density at radius 1 is 1.14 bits per heavy atom. The van der Waals surface area contributed by atoms with Crippen LogP contribution < -0.4 is 4.90 Å². The van der Waals surface area contributed by atoms with Gasteiger partial charge in [0.05, 0.1) is 16.8 Å². The van der Waals surface area contributed by atoms with Crippen LogP contribution in [0.3, 0.4) is 0 Å². The van der Waals surface area contributed by atoms with Crippen LogP contribution >= 0.6 is 11.3 Å². The van der Waals surface area contributed by atoms with Crippen molar-refractivity contribution in [3.05, 3.63) is 77.1 Å². The zero-order chi connectivity index (χ0) is 20.5. The van der Waals surface area contributed by atoms with Crippen LogP contribution in [-0.4, -0.2) is 20.7 Å². The van der Waals surface area contributed by atoms with Crippen LogP contribution in [0.2, 0.25) is 0 Å². The predicted molar refractivity (Wildman–Crippen MR) is 119 cm³/mol. The topological polar surface area (TPSA) is 51.0 Å². The first-order valence-corrected chi connectivity index (χ1v) is 10.5. The summed E-state index contributed by atoms with van der Waals surface area (Å²) in [7, 11) is 0. The second kappa shape index (κ2) is 7.79. The van der Waals surface area contributed by atoms with Gasteiger partial charge in [-0.15, -0.1) is 0 Å². The minimum absolute atomic E-state index is 0.137. The molecular weight excluding hydrogens is 380 g/mol. The van der Waals surface area contributed by atoms with Crippen molar-refractivity contribution >= 4 is 32.6 Å². The number of rotatable bonds is 5. The van der Waals surface area contributed by atoms with Crippen molar-refractivity contribution in [2.24, 2.45) is 0 Å². The molecule has 0 saturated heterocycles. The van der Waals surface area contributed by atoms with Gasteiger partial charge in [0, 0.05) is 12.2 Å². The quantitative estimate of drug-likeness (QED) is 0.439. The Labute approximate surface area is 174 Å². The molecule has 0 spiro atoms. The molecule has 2 aromatic carbocycles. The van der Waals surface area contributed by atoms with Crippen molar-refractivity contribution in [1.82, 2.24) is 14.8 Å². The van der Waals surface area contributed by atoms with Crippen molar-refractivity contribution in [2.75, 3.05) is 4.90 Å². The largest absolute Gasteiger partial charge is 0.280 e. The molecule has 0 aliphatic rings. The van der Waals surface area contributed by atoms with E-state index in [1.807, 2.05) is 50.4 Å². The average Bonchev–Trinajstić information content (AvgIpc) is 3.34. The number of amides is 1. The summed E-state index contributed by atoms with van der Waals surface area (Å²) >= 11 is 1.55. The minimum atomic E-state index is -0.137. The maximum absolute atomic E-state index is 13.4. The van der Waals surface area contributed by atoms with Crippen molar-refractivity contribution in [1.29, 1.82) is 0 Å². The van der Waals surface area contributed by atoms with Crippen molar-refractivity contribution in [3.63, 3.8) is 0 Å². The highest BCUT2D eigenvalue weighted by molar-refractivity contribution is 7.22. The highest BCUT2D eigenvalue weighted by atomic mass is 32.1. The lowest BCUT2D eigenvalue weighted by molar-refractivity contribution is 0.0979. The third-order valence-electron chi connectivity index (χ3n) is 4.83. The third kappa shape index (κ3) is 3.93. The van der Waals surface area contributed by atoms with Gasteiger partial charge in [-0.3, -0.25) is 14.4 Å². The van der Waals surface area contributed by atoms with Gasteiger partial charge in [-0.2, -0.15) is 5.10 Å². The number of aromatic nitrogens is 3. The first-order valence-electron chi connectivity index (χ1n) is 9.71. The smallest absolute Gasteiger partial charge is 0.278 e. The van der Waals surface area contributed by atoms with Crippen molar-refractivity contribution < 1.29 is 4.79 Å². The van der Waals surface area contributed by atoms with Gasteiger partial charge >= 0.3 is 0 Å². The van der Waals surface area contributed by atoms with Crippen LogP contribution in [0.15, 0.2) is 54.7 Å². The molecule has 2 aromatic heterocycles. The van der Waals surface area contributed by atoms with E-state index in [4.69, 9.17) is 4.98 Å². The van der Waals surface area contributed by atoms with Crippen LogP contribution in [-0.2, 0) is 6.54 Å². The fraction of sp³-hybridized carbons (Fsp3) is 0.261. The molecule has 148 valence electrons. The summed E-state index contributed by atoms with van der Waals surface area (Å²) in [5, 5.41) is 5.18. The average molecular weight is 405 g/mol. The maximum Gasteiger partial charge on any atom is 0.280 e. The van der Waals surface area contributed by atoms with Crippen LogP contribution in [0, 0.1) is 13.8 Å². The number of aryl methyl sites for hydroxylation is 2. The van der Waals surface area contributed by atoms with Crippen LogP contribution in [0.5, 0.6) is 0 Å². The van der Waals surface area contributed by atoms with Gasteiger partial charge in [-0.25, -0.2) is 4.98 Å². The molecular formula is C23H24N4OS. The molecule has 1 amide bonds.